The average Bonchev–Trinajstić information content (AvgIpc) is 2.66. The van der Waals surface area contributed by atoms with Crippen LogP contribution in [0, 0.1) is 0 Å². The second kappa shape index (κ2) is 10.8. The topological polar surface area (TPSA) is 76.7 Å². The Morgan fingerprint density at radius 3 is 2.59 bits per heavy atom. The summed E-state index contributed by atoms with van der Waals surface area (Å²) in [4.78, 5) is 24.3. The first-order chi connectivity index (χ1) is 13.0. The Morgan fingerprint density at radius 1 is 1.07 bits per heavy atom. The molecule has 0 aliphatic rings. The van der Waals surface area contributed by atoms with Crippen LogP contribution in [0.5, 0.6) is 11.5 Å². The number of hydrazine groups is 1. The molecule has 0 unspecified atom stereocenters. The number of carbonyl (C=O) groups excluding carboxylic acids is 2. The van der Waals surface area contributed by atoms with Gasteiger partial charge in [-0.3, -0.25) is 20.4 Å². The van der Waals surface area contributed by atoms with E-state index < -0.39 is 11.8 Å². The van der Waals surface area contributed by atoms with E-state index in [4.69, 9.17) is 21.1 Å². The zero-order valence-corrected chi connectivity index (χ0v) is 17.1. The molecule has 2 rings (SSSR count). The van der Waals surface area contributed by atoms with E-state index in [0.717, 1.165) is 17.3 Å². The van der Waals surface area contributed by atoms with Crippen molar-refractivity contribution in [3.8, 4) is 11.5 Å². The minimum Gasteiger partial charge on any atom is -0.493 e. The average molecular weight is 456 g/mol. The number of unbranched alkanes of at least 4 members (excludes halogenated alkanes) is 1. The molecule has 0 fully saturated rings. The highest BCUT2D eigenvalue weighted by atomic mass is 79.9. The summed E-state index contributed by atoms with van der Waals surface area (Å²) in [5.74, 6) is -0.175. The van der Waals surface area contributed by atoms with Crippen molar-refractivity contribution in [1.29, 1.82) is 0 Å². The minimum atomic E-state index is -0.522. The van der Waals surface area contributed by atoms with Crippen molar-refractivity contribution < 1.29 is 19.1 Å². The highest BCUT2D eigenvalue weighted by Gasteiger charge is 2.14. The van der Waals surface area contributed by atoms with E-state index >= 15 is 0 Å². The Bertz CT molecular complexity index is 801. The molecule has 0 heterocycles. The lowest BCUT2D eigenvalue weighted by Gasteiger charge is -2.13. The number of hydrogen-bond donors (Lipinski definition) is 2. The molecule has 0 atom stereocenters. The van der Waals surface area contributed by atoms with Gasteiger partial charge in [-0.05, 0) is 36.8 Å². The second-order valence-electron chi connectivity index (χ2n) is 5.56. The zero-order chi connectivity index (χ0) is 19.6. The first-order valence-electron chi connectivity index (χ1n) is 8.40. The number of rotatable bonds is 8. The number of benzene rings is 2. The highest BCUT2D eigenvalue weighted by Crippen LogP contribution is 2.24. The van der Waals surface area contributed by atoms with Crippen LogP contribution in [0.1, 0.15) is 30.1 Å². The lowest BCUT2D eigenvalue weighted by atomic mass is 10.2. The van der Waals surface area contributed by atoms with Crippen LogP contribution in [0.4, 0.5) is 0 Å². The van der Waals surface area contributed by atoms with Crippen LogP contribution >= 0.6 is 27.5 Å². The SMILES string of the molecule is CCCCOc1ccc(Br)cc1C(=O)NNC(=O)COc1ccccc1Cl. The molecular formula is C19H20BrClN2O4. The molecule has 0 aliphatic heterocycles. The molecule has 2 aromatic rings. The van der Waals surface area contributed by atoms with Gasteiger partial charge in [0.2, 0.25) is 0 Å². The molecule has 0 aliphatic carbocycles. The number of amides is 2. The van der Waals surface area contributed by atoms with Gasteiger partial charge in [0, 0.05) is 4.47 Å². The van der Waals surface area contributed by atoms with Gasteiger partial charge in [-0.15, -0.1) is 0 Å². The number of halogens is 2. The standard InChI is InChI=1S/C19H20BrClN2O4/c1-2-3-10-26-16-9-8-13(20)11-14(16)19(25)23-22-18(24)12-27-17-7-5-4-6-15(17)21/h4-9,11H,2-3,10,12H2,1H3,(H,22,24)(H,23,25). The minimum absolute atomic E-state index is 0.289. The number of hydrogen-bond acceptors (Lipinski definition) is 4. The molecule has 2 amide bonds. The van der Waals surface area contributed by atoms with Gasteiger partial charge < -0.3 is 9.47 Å². The van der Waals surface area contributed by atoms with Crippen molar-refractivity contribution in [2.75, 3.05) is 13.2 Å². The normalized spacial score (nSPS) is 10.2. The van der Waals surface area contributed by atoms with Crippen molar-refractivity contribution in [1.82, 2.24) is 10.9 Å². The maximum atomic E-state index is 12.4. The van der Waals surface area contributed by atoms with Gasteiger partial charge in [-0.25, -0.2) is 0 Å². The summed E-state index contributed by atoms with van der Waals surface area (Å²) in [7, 11) is 0. The molecule has 0 spiro atoms. The molecule has 27 heavy (non-hydrogen) atoms. The predicted octanol–water partition coefficient (Wildman–Crippen LogP) is 4.12. The summed E-state index contributed by atoms with van der Waals surface area (Å²) in [6.45, 7) is 2.28. The third-order valence-electron chi connectivity index (χ3n) is 3.45. The molecule has 2 N–H and O–H groups in total. The Kier molecular flexibility index (Phi) is 8.42. The Morgan fingerprint density at radius 2 is 1.85 bits per heavy atom. The largest absolute Gasteiger partial charge is 0.493 e. The van der Waals surface area contributed by atoms with Gasteiger partial charge in [0.25, 0.3) is 11.8 Å². The Balaban J connectivity index is 1.90. The van der Waals surface area contributed by atoms with Gasteiger partial charge in [0.05, 0.1) is 17.2 Å². The maximum absolute atomic E-state index is 12.4. The summed E-state index contributed by atoms with van der Waals surface area (Å²) in [5.41, 5.74) is 4.98. The highest BCUT2D eigenvalue weighted by molar-refractivity contribution is 9.10. The Labute approximate surface area is 171 Å². The summed E-state index contributed by atoms with van der Waals surface area (Å²) in [6, 6.07) is 11.9. The molecule has 0 saturated carbocycles. The first-order valence-corrected chi connectivity index (χ1v) is 9.57. The molecule has 0 bridgehead atoms. The van der Waals surface area contributed by atoms with E-state index in [1.165, 1.54) is 0 Å². The molecule has 0 aromatic heterocycles. The van der Waals surface area contributed by atoms with Gasteiger partial charge in [-0.2, -0.15) is 0 Å². The third-order valence-corrected chi connectivity index (χ3v) is 4.26. The molecule has 8 heteroatoms. The molecule has 2 aromatic carbocycles. The van der Waals surface area contributed by atoms with Crippen LogP contribution in [0.2, 0.25) is 5.02 Å². The van der Waals surface area contributed by atoms with E-state index in [1.54, 1.807) is 42.5 Å². The van der Waals surface area contributed by atoms with E-state index in [-0.39, 0.29) is 6.61 Å². The van der Waals surface area contributed by atoms with Crippen LogP contribution in [-0.4, -0.2) is 25.0 Å². The number of nitrogens with one attached hydrogen (secondary N) is 2. The smallest absolute Gasteiger partial charge is 0.276 e. The molecule has 0 saturated heterocycles. The number of carbonyl (C=O) groups is 2. The van der Waals surface area contributed by atoms with E-state index in [2.05, 4.69) is 33.7 Å². The van der Waals surface area contributed by atoms with Crippen LogP contribution in [0.3, 0.4) is 0 Å². The summed E-state index contributed by atoms with van der Waals surface area (Å²) >= 11 is 9.28. The molecule has 6 nitrogen and oxygen atoms in total. The maximum Gasteiger partial charge on any atom is 0.276 e. The number of para-hydroxylation sites is 1. The van der Waals surface area contributed by atoms with Crippen LogP contribution in [-0.2, 0) is 4.79 Å². The second-order valence-corrected chi connectivity index (χ2v) is 6.89. The van der Waals surface area contributed by atoms with Gasteiger partial charge in [0.15, 0.2) is 6.61 Å². The van der Waals surface area contributed by atoms with E-state index in [9.17, 15) is 9.59 Å². The lowest BCUT2D eigenvalue weighted by molar-refractivity contribution is -0.123. The zero-order valence-electron chi connectivity index (χ0n) is 14.8. The fourth-order valence-corrected chi connectivity index (χ4v) is 2.62. The fraction of sp³-hybridized carbons (Fsp3) is 0.263. The third kappa shape index (κ3) is 6.77. The quantitative estimate of drug-likeness (QED) is 0.464. The van der Waals surface area contributed by atoms with Crippen LogP contribution in [0.15, 0.2) is 46.9 Å². The van der Waals surface area contributed by atoms with Crippen molar-refractivity contribution in [2.45, 2.75) is 19.8 Å². The summed E-state index contributed by atoms with van der Waals surface area (Å²) in [5, 5.41) is 0.400. The number of ether oxygens (including phenoxy) is 2. The summed E-state index contributed by atoms with van der Waals surface area (Å²) in [6.07, 6.45) is 1.87. The summed E-state index contributed by atoms with van der Waals surface area (Å²) < 4.78 is 11.7. The van der Waals surface area contributed by atoms with Crippen LogP contribution < -0.4 is 20.3 Å². The van der Waals surface area contributed by atoms with Crippen molar-refractivity contribution in [2.24, 2.45) is 0 Å². The van der Waals surface area contributed by atoms with Gasteiger partial charge in [-0.1, -0.05) is 53.0 Å². The van der Waals surface area contributed by atoms with Crippen molar-refractivity contribution >= 4 is 39.3 Å². The van der Waals surface area contributed by atoms with Gasteiger partial charge >= 0.3 is 0 Å². The lowest BCUT2D eigenvalue weighted by Crippen LogP contribution is -2.44. The molecular weight excluding hydrogens is 436 g/mol. The van der Waals surface area contributed by atoms with E-state index in [0.29, 0.717) is 28.7 Å². The van der Waals surface area contributed by atoms with Gasteiger partial charge in [0.1, 0.15) is 11.5 Å². The Hall–Kier alpha value is -2.25. The first kappa shape index (κ1) is 21.1. The van der Waals surface area contributed by atoms with E-state index in [1.807, 2.05) is 0 Å². The van der Waals surface area contributed by atoms with Crippen LogP contribution in [0.25, 0.3) is 0 Å². The molecule has 0 radical (unpaired) electrons. The monoisotopic (exact) mass is 454 g/mol. The molecule has 144 valence electrons. The fourth-order valence-electron chi connectivity index (χ4n) is 2.07. The van der Waals surface area contributed by atoms with Crippen molar-refractivity contribution in [3.63, 3.8) is 0 Å². The van der Waals surface area contributed by atoms with Crippen molar-refractivity contribution in [3.05, 3.63) is 57.5 Å². The predicted molar refractivity (Wildman–Crippen MR) is 107 cm³/mol.